The van der Waals surface area contributed by atoms with E-state index in [2.05, 4.69) is 27.3 Å². The molecule has 2 aromatic carbocycles. The number of H-pyrrole nitrogens is 1. The summed E-state index contributed by atoms with van der Waals surface area (Å²) < 4.78 is 0. The van der Waals surface area contributed by atoms with Crippen molar-refractivity contribution in [2.75, 3.05) is 18.0 Å². The molecule has 1 fully saturated rings. The number of fused-ring (bicyclic) bond motifs is 1. The van der Waals surface area contributed by atoms with E-state index in [0.717, 1.165) is 24.0 Å². The lowest BCUT2D eigenvalue weighted by atomic mass is 10.1. The van der Waals surface area contributed by atoms with Crippen LogP contribution < -0.4 is 15.8 Å². The van der Waals surface area contributed by atoms with E-state index in [1.807, 2.05) is 30.3 Å². The molecular weight excluding hydrogens is 326 g/mol. The maximum absolute atomic E-state index is 12.7. The van der Waals surface area contributed by atoms with Crippen molar-refractivity contribution in [3.8, 4) is 0 Å². The number of aromatic amines is 1. The monoisotopic (exact) mass is 347 g/mol. The molecule has 2 heterocycles. The van der Waals surface area contributed by atoms with E-state index in [4.69, 9.17) is 0 Å². The maximum atomic E-state index is 12.7. The number of nitrogens with zero attached hydrogens (tertiary/aromatic N) is 1. The van der Waals surface area contributed by atoms with Crippen LogP contribution in [0.3, 0.4) is 0 Å². The van der Waals surface area contributed by atoms with E-state index in [0.29, 0.717) is 17.6 Å². The molecule has 0 radical (unpaired) electrons. The van der Waals surface area contributed by atoms with Gasteiger partial charge < -0.3 is 15.2 Å². The Labute approximate surface area is 151 Å². The van der Waals surface area contributed by atoms with Crippen LogP contribution in [-0.2, 0) is 6.54 Å². The Kier molecular flexibility index (Phi) is 4.44. The van der Waals surface area contributed by atoms with E-state index < -0.39 is 0 Å². The SMILES string of the molecule is O=C(NCc1cccc(N2CCCC2)c1)c1cc(=O)[nH]c2ccccc12. The third-order valence-corrected chi connectivity index (χ3v) is 4.83. The zero-order valence-electron chi connectivity index (χ0n) is 14.5. The van der Waals surface area contributed by atoms with Crippen molar-refractivity contribution in [1.82, 2.24) is 10.3 Å². The van der Waals surface area contributed by atoms with Crippen LogP contribution in [0.2, 0.25) is 0 Å². The van der Waals surface area contributed by atoms with Gasteiger partial charge in [-0.25, -0.2) is 0 Å². The number of aromatic nitrogens is 1. The number of benzene rings is 2. The number of carbonyl (C=O) groups is 1. The van der Waals surface area contributed by atoms with Crippen molar-refractivity contribution in [2.45, 2.75) is 19.4 Å². The standard InChI is InChI=1S/C21H21N3O2/c25-20-13-18(17-8-1-2-9-19(17)23-20)21(26)22-14-15-6-5-7-16(12-15)24-10-3-4-11-24/h1-2,5-9,12-13H,3-4,10-11,14H2,(H,22,26)(H,23,25). The highest BCUT2D eigenvalue weighted by Gasteiger charge is 2.14. The number of carbonyl (C=O) groups excluding carboxylic acids is 1. The van der Waals surface area contributed by atoms with E-state index in [1.54, 1.807) is 6.07 Å². The molecule has 5 heteroatoms. The zero-order valence-corrected chi connectivity index (χ0v) is 14.5. The zero-order chi connectivity index (χ0) is 17.9. The molecule has 0 atom stereocenters. The predicted molar refractivity (Wildman–Crippen MR) is 104 cm³/mol. The minimum absolute atomic E-state index is 0.237. The average molecular weight is 347 g/mol. The van der Waals surface area contributed by atoms with Crippen LogP contribution in [0, 0.1) is 0 Å². The van der Waals surface area contributed by atoms with Crippen LogP contribution in [0.1, 0.15) is 28.8 Å². The Morgan fingerprint density at radius 3 is 2.69 bits per heavy atom. The summed E-state index contributed by atoms with van der Waals surface area (Å²) in [6.45, 7) is 2.62. The fourth-order valence-electron chi connectivity index (χ4n) is 3.51. The largest absolute Gasteiger partial charge is 0.372 e. The molecule has 0 bridgehead atoms. The number of para-hydroxylation sites is 1. The first kappa shape index (κ1) is 16.4. The lowest BCUT2D eigenvalue weighted by molar-refractivity contribution is 0.0952. The van der Waals surface area contributed by atoms with Crippen LogP contribution in [-0.4, -0.2) is 24.0 Å². The predicted octanol–water partition coefficient (Wildman–Crippen LogP) is 3.06. The second-order valence-corrected chi connectivity index (χ2v) is 6.64. The highest BCUT2D eigenvalue weighted by atomic mass is 16.2. The van der Waals surface area contributed by atoms with Gasteiger partial charge in [-0.3, -0.25) is 9.59 Å². The lowest BCUT2D eigenvalue weighted by Crippen LogP contribution is -2.25. The summed E-state index contributed by atoms with van der Waals surface area (Å²) in [5.41, 5.74) is 3.05. The van der Waals surface area contributed by atoms with Gasteiger partial charge in [0.15, 0.2) is 0 Å². The Hall–Kier alpha value is -3.08. The molecule has 0 unspecified atom stereocenters. The van der Waals surface area contributed by atoms with Crippen LogP contribution >= 0.6 is 0 Å². The van der Waals surface area contributed by atoms with Gasteiger partial charge in [-0.05, 0) is 36.6 Å². The highest BCUT2D eigenvalue weighted by molar-refractivity contribution is 6.05. The van der Waals surface area contributed by atoms with Crippen LogP contribution in [0.25, 0.3) is 10.9 Å². The molecule has 1 aromatic heterocycles. The van der Waals surface area contributed by atoms with E-state index in [9.17, 15) is 9.59 Å². The van der Waals surface area contributed by atoms with Crippen molar-refractivity contribution in [3.05, 3.63) is 76.1 Å². The molecule has 3 aromatic rings. The molecular formula is C21H21N3O2. The minimum Gasteiger partial charge on any atom is -0.372 e. The Morgan fingerprint density at radius 2 is 1.85 bits per heavy atom. The van der Waals surface area contributed by atoms with Crippen molar-refractivity contribution >= 4 is 22.5 Å². The number of anilines is 1. The van der Waals surface area contributed by atoms with Gasteiger partial charge in [-0.2, -0.15) is 0 Å². The van der Waals surface area contributed by atoms with Gasteiger partial charge in [0, 0.05) is 42.3 Å². The lowest BCUT2D eigenvalue weighted by Gasteiger charge is -2.18. The van der Waals surface area contributed by atoms with Gasteiger partial charge in [-0.1, -0.05) is 30.3 Å². The summed E-state index contributed by atoms with van der Waals surface area (Å²) in [5, 5.41) is 3.69. The fourth-order valence-corrected chi connectivity index (χ4v) is 3.51. The van der Waals surface area contributed by atoms with Crippen LogP contribution in [0.15, 0.2) is 59.4 Å². The first-order chi connectivity index (χ1) is 12.7. The minimum atomic E-state index is -0.273. The van der Waals surface area contributed by atoms with Gasteiger partial charge in [0.2, 0.25) is 5.56 Å². The fraction of sp³-hybridized carbons (Fsp3) is 0.238. The molecule has 0 saturated carbocycles. The van der Waals surface area contributed by atoms with Crippen molar-refractivity contribution < 1.29 is 4.79 Å². The number of rotatable bonds is 4. The number of pyridine rings is 1. The average Bonchev–Trinajstić information content (AvgIpc) is 3.20. The number of nitrogens with one attached hydrogen (secondary N) is 2. The number of amides is 1. The number of hydrogen-bond acceptors (Lipinski definition) is 3. The summed E-state index contributed by atoms with van der Waals surface area (Å²) in [7, 11) is 0. The Bertz CT molecular complexity index is 1000. The molecule has 26 heavy (non-hydrogen) atoms. The van der Waals surface area contributed by atoms with E-state index in [1.165, 1.54) is 24.6 Å². The summed E-state index contributed by atoms with van der Waals surface area (Å²) in [4.78, 5) is 29.6. The van der Waals surface area contributed by atoms with Crippen molar-refractivity contribution in [3.63, 3.8) is 0 Å². The molecule has 132 valence electrons. The Balaban J connectivity index is 1.53. The van der Waals surface area contributed by atoms with E-state index >= 15 is 0 Å². The second kappa shape index (κ2) is 7.04. The second-order valence-electron chi connectivity index (χ2n) is 6.64. The van der Waals surface area contributed by atoms with Gasteiger partial charge in [-0.15, -0.1) is 0 Å². The Morgan fingerprint density at radius 1 is 1.04 bits per heavy atom. The third-order valence-electron chi connectivity index (χ3n) is 4.83. The van der Waals surface area contributed by atoms with Crippen molar-refractivity contribution in [1.29, 1.82) is 0 Å². The molecule has 0 spiro atoms. The van der Waals surface area contributed by atoms with E-state index in [-0.39, 0.29) is 11.5 Å². The molecule has 4 rings (SSSR count). The molecule has 1 aliphatic rings. The molecule has 1 saturated heterocycles. The summed E-state index contributed by atoms with van der Waals surface area (Å²) in [6, 6.07) is 17.0. The summed E-state index contributed by atoms with van der Waals surface area (Å²) in [6.07, 6.45) is 2.47. The normalized spacial score (nSPS) is 13.9. The smallest absolute Gasteiger partial charge is 0.252 e. The molecule has 0 aliphatic carbocycles. The number of hydrogen-bond donors (Lipinski definition) is 2. The third kappa shape index (κ3) is 3.33. The summed E-state index contributed by atoms with van der Waals surface area (Å²) >= 11 is 0. The van der Waals surface area contributed by atoms with Gasteiger partial charge in [0.25, 0.3) is 5.91 Å². The van der Waals surface area contributed by atoms with Crippen molar-refractivity contribution in [2.24, 2.45) is 0 Å². The van der Waals surface area contributed by atoms with Gasteiger partial charge in [0.05, 0.1) is 5.56 Å². The van der Waals surface area contributed by atoms with Gasteiger partial charge in [0.1, 0.15) is 0 Å². The maximum Gasteiger partial charge on any atom is 0.252 e. The topological polar surface area (TPSA) is 65.2 Å². The molecule has 1 aliphatic heterocycles. The van der Waals surface area contributed by atoms with Crippen LogP contribution in [0.4, 0.5) is 5.69 Å². The summed E-state index contributed by atoms with van der Waals surface area (Å²) in [5.74, 6) is -0.237. The molecule has 5 nitrogen and oxygen atoms in total. The highest BCUT2D eigenvalue weighted by Crippen LogP contribution is 2.21. The van der Waals surface area contributed by atoms with Crippen LogP contribution in [0.5, 0.6) is 0 Å². The first-order valence-electron chi connectivity index (χ1n) is 8.95. The quantitative estimate of drug-likeness (QED) is 0.762. The molecule has 1 amide bonds. The molecule has 2 N–H and O–H groups in total. The first-order valence-corrected chi connectivity index (χ1v) is 8.95. The van der Waals surface area contributed by atoms with Gasteiger partial charge >= 0.3 is 0 Å².